The van der Waals surface area contributed by atoms with Gasteiger partial charge in [0.25, 0.3) is 10.1 Å². The van der Waals surface area contributed by atoms with Gasteiger partial charge in [0.05, 0.1) is 17.9 Å². The second-order valence-electron chi connectivity index (χ2n) is 12.1. The molecule has 3 N–H and O–H groups in total. The zero-order valence-electron chi connectivity index (χ0n) is 28.7. The quantitative estimate of drug-likeness (QED) is 0.0394. The van der Waals surface area contributed by atoms with Crippen LogP contribution in [0.2, 0.25) is 0 Å². The Kier molecular flexibility index (Phi) is 30.6. The Labute approximate surface area is 277 Å². The zero-order valence-corrected chi connectivity index (χ0v) is 29.5. The first-order valence-corrected chi connectivity index (χ1v) is 19.6. The highest BCUT2D eigenvalue weighted by Gasteiger charge is 2.25. The second-order valence-corrected chi connectivity index (χ2v) is 13.6. The molecule has 45 heavy (non-hydrogen) atoms. The van der Waals surface area contributed by atoms with Crippen LogP contribution in [0.1, 0.15) is 155 Å². The van der Waals surface area contributed by atoms with Crippen molar-refractivity contribution in [1.82, 2.24) is 5.32 Å². The second kappa shape index (κ2) is 32.0. The smallest absolute Gasteiger partial charge is 0.266 e. The molecule has 0 bridgehead atoms. The number of nitrogens with one attached hydrogen (secondary N) is 1. The zero-order chi connectivity index (χ0) is 33.3. The minimum atomic E-state index is -4.33. The van der Waals surface area contributed by atoms with E-state index in [4.69, 9.17) is 0 Å². The van der Waals surface area contributed by atoms with Gasteiger partial charge in [-0.3, -0.25) is 9.35 Å². The van der Waals surface area contributed by atoms with Crippen molar-refractivity contribution in [1.29, 1.82) is 0 Å². The number of rotatable bonds is 31. The van der Waals surface area contributed by atoms with Gasteiger partial charge >= 0.3 is 0 Å². The number of amides is 1. The van der Waals surface area contributed by atoms with Crippen LogP contribution >= 0.6 is 0 Å². The van der Waals surface area contributed by atoms with E-state index in [1.807, 2.05) is 6.08 Å². The minimum Gasteiger partial charge on any atom is -0.391 e. The van der Waals surface area contributed by atoms with Crippen molar-refractivity contribution >= 4 is 16.0 Å². The highest BCUT2D eigenvalue weighted by Crippen LogP contribution is 2.15. The first-order chi connectivity index (χ1) is 21.8. The molecule has 0 aliphatic heterocycles. The summed E-state index contributed by atoms with van der Waals surface area (Å²) in [5, 5.41) is 13.2. The molecule has 0 rings (SSSR count). The molecule has 0 heterocycles. The number of hydrogen-bond acceptors (Lipinski definition) is 4. The molecule has 260 valence electrons. The van der Waals surface area contributed by atoms with Gasteiger partial charge in [0.1, 0.15) is 0 Å². The fourth-order valence-electron chi connectivity index (χ4n) is 5.08. The van der Waals surface area contributed by atoms with Crippen LogP contribution in [0.25, 0.3) is 0 Å². The maximum Gasteiger partial charge on any atom is 0.266 e. The molecule has 2 unspecified atom stereocenters. The molecule has 0 aromatic carbocycles. The van der Waals surface area contributed by atoms with E-state index in [0.717, 1.165) is 57.8 Å². The lowest BCUT2D eigenvalue weighted by Crippen LogP contribution is -2.47. The van der Waals surface area contributed by atoms with Gasteiger partial charge in [0.15, 0.2) is 0 Å². The molecule has 1 amide bonds. The maximum atomic E-state index is 12.4. The highest BCUT2D eigenvalue weighted by atomic mass is 32.2. The lowest BCUT2D eigenvalue weighted by molar-refractivity contribution is -0.122. The molecule has 2 atom stereocenters. The van der Waals surface area contributed by atoms with E-state index in [0.29, 0.717) is 12.8 Å². The van der Waals surface area contributed by atoms with Crippen molar-refractivity contribution in [3.8, 4) is 0 Å². The summed E-state index contributed by atoms with van der Waals surface area (Å²) in [6.45, 7) is 4.38. The summed E-state index contributed by atoms with van der Waals surface area (Å²) in [6.07, 6.45) is 43.1. The predicted octanol–water partition coefficient (Wildman–Crippen LogP) is 10.1. The van der Waals surface area contributed by atoms with E-state index in [1.165, 1.54) is 64.2 Å². The Morgan fingerprint density at radius 1 is 0.622 bits per heavy atom. The first kappa shape index (κ1) is 43.0. The molecule has 6 nitrogen and oxygen atoms in total. The fourth-order valence-corrected chi connectivity index (χ4v) is 5.84. The molecule has 0 radical (unpaired) electrons. The summed E-state index contributed by atoms with van der Waals surface area (Å²) < 4.78 is 32.4. The Hall–Kier alpha value is -1.96. The third-order valence-corrected chi connectivity index (χ3v) is 8.52. The van der Waals surface area contributed by atoms with E-state index in [2.05, 4.69) is 73.8 Å². The van der Waals surface area contributed by atoms with Gasteiger partial charge < -0.3 is 10.4 Å². The van der Waals surface area contributed by atoms with Gasteiger partial charge in [0.2, 0.25) is 5.91 Å². The lowest BCUT2D eigenvalue weighted by atomic mass is 10.0. The molecule has 0 aromatic heterocycles. The monoisotopic (exact) mass is 649 g/mol. The number of allylic oxidation sites excluding steroid dienone is 10. The van der Waals surface area contributed by atoms with Gasteiger partial charge in [-0.2, -0.15) is 8.42 Å². The van der Waals surface area contributed by atoms with Crippen LogP contribution in [0.4, 0.5) is 0 Å². The summed E-state index contributed by atoms with van der Waals surface area (Å²) >= 11 is 0. The van der Waals surface area contributed by atoms with E-state index in [1.54, 1.807) is 0 Å². The van der Waals surface area contributed by atoms with Crippen molar-refractivity contribution in [3.63, 3.8) is 0 Å². The molecular weight excluding hydrogens is 582 g/mol. The molecule has 0 saturated carbocycles. The Bertz CT molecular complexity index is 936. The van der Waals surface area contributed by atoms with Crippen molar-refractivity contribution in [2.24, 2.45) is 0 Å². The van der Waals surface area contributed by atoms with Crippen LogP contribution in [0, 0.1) is 0 Å². The summed E-state index contributed by atoms with van der Waals surface area (Å²) in [5.41, 5.74) is 0. The van der Waals surface area contributed by atoms with Crippen molar-refractivity contribution < 1.29 is 22.9 Å². The molecular formula is C38H67NO5S. The first-order valence-electron chi connectivity index (χ1n) is 18.0. The Morgan fingerprint density at radius 3 is 1.49 bits per heavy atom. The van der Waals surface area contributed by atoms with E-state index in [-0.39, 0.29) is 12.3 Å². The SMILES string of the molecule is CC/C=C\C/C=C\C/C=C\C/C=C\C/C=C\CCCC(=O)NC(CS(=O)(=O)O)C(O)CCCCCCCCCCCCCCC. The third-order valence-electron chi connectivity index (χ3n) is 7.74. The van der Waals surface area contributed by atoms with Crippen LogP contribution in [0.3, 0.4) is 0 Å². The number of unbranched alkanes of at least 4 members (excludes halogenated alkanes) is 13. The summed E-state index contributed by atoms with van der Waals surface area (Å²) in [7, 11) is -4.33. The van der Waals surface area contributed by atoms with E-state index in [9.17, 15) is 22.9 Å². The molecule has 7 heteroatoms. The number of carbonyl (C=O) groups is 1. The summed E-state index contributed by atoms with van der Waals surface area (Å²) in [6, 6.07) is -1.00. The van der Waals surface area contributed by atoms with Gasteiger partial charge in [-0.15, -0.1) is 0 Å². The summed E-state index contributed by atoms with van der Waals surface area (Å²) in [5.74, 6) is -0.979. The van der Waals surface area contributed by atoms with Crippen LogP contribution in [-0.4, -0.2) is 41.9 Å². The third kappa shape index (κ3) is 33.2. The summed E-state index contributed by atoms with van der Waals surface area (Å²) in [4.78, 5) is 12.4. The topological polar surface area (TPSA) is 104 Å². The van der Waals surface area contributed by atoms with Gasteiger partial charge in [-0.1, -0.05) is 158 Å². The standard InChI is InChI=1S/C38H67NO5S/c1-3-5-7-9-11-13-15-17-18-19-20-22-24-26-28-30-32-34-38(41)39-36(35-45(42,43)44)37(40)33-31-29-27-25-23-21-16-14-12-10-8-6-4-2/h5,7,11,13,17-18,20,22,26,28,36-37,40H,3-4,6,8-10,12,14-16,19,21,23-25,27,29-35H2,1-2H3,(H,39,41)(H,42,43,44)/b7-5-,13-11-,18-17-,22-20-,28-26-. The Balaban J connectivity index is 4.08. The van der Waals surface area contributed by atoms with Crippen molar-refractivity contribution in [2.45, 2.75) is 167 Å². The molecule has 0 aliphatic rings. The Morgan fingerprint density at radius 2 is 1.04 bits per heavy atom. The van der Waals surface area contributed by atoms with Gasteiger partial charge in [0, 0.05) is 6.42 Å². The minimum absolute atomic E-state index is 0.238. The molecule has 0 fully saturated rings. The molecule has 0 aromatic rings. The molecule has 0 aliphatic carbocycles. The van der Waals surface area contributed by atoms with Gasteiger partial charge in [-0.05, 0) is 51.4 Å². The number of aliphatic hydroxyl groups excluding tert-OH is 1. The van der Waals surface area contributed by atoms with Crippen molar-refractivity contribution in [3.05, 3.63) is 60.8 Å². The number of carbonyl (C=O) groups excluding carboxylic acids is 1. The largest absolute Gasteiger partial charge is 0.391 e. The van der Waals surface area contributed by atoms with Crippen LogP contribution in [0.5, 0.6) is 0 Å². The van der Waals surface area contributed by atoms with E-state index >= 15 is 0 Å². The predicted molar refractivity (Wildman–Crippen MR) is 193 cm³/mol. The number of hydrogen-bond donors (Lipinski definition) is 3. The fraction of sp³-hybridized carbons (Fsp3) is 0.711. The van der Waals surface area contributed by atoms with Gasteiger partial charge in [-0.25, -0.2) is 0 Å². The normalized spacial score (nSPS) is 14.1. The molecule has 0 spiro atoms. The number of aliphatic hydroxyl groups is 1. The lowest BCUT2D eigenvalue weighted by Gasteiger charge is -2.23. The van der Waals surface area contributed by atoms with Crippen LogP contribution in [0.15, 0.2) is 60.8 Å². The van der Waals surface area contributed by atoms with Crippen LogP contribution < -0.4 is 5.32 Å². The van der Waals surface area contributed by atoms with Crippen LogP contribution in [-0.2, 0) is 14.9 Å². The average Bonchev–Trinajstić information content (AvgIpc) is 3.00. The highest BCUT2D eigenvalue weighted by molar-refractivity contribution is 7.85. The maximum absolute atomic E-state index is 12.4. The molecule has 0 saturated heterocycles. The van der Waals surface area contributed by atoms with Crippen molar-refractivity contribution in [2.75, 3.05) is 5.75 Å². The van der Waals surface area contributed by atoms with E-state index < -0.39 is 28.0 Å². The average molecular weight is 650 g/mol.